The van der Waals surface area contributed by atoms with Crippen LogP contribution in [-0.2, 0) is 14.4 Å². The van der Waals surface area contributed by atoms with Crippen LogP contribution in [0.4, 0.5) is 5.69 Å². The van der Waals surface area contributed by atoms with Crippen LogP contribution in [0.1, 0.15) is 24.4 Å². The minimum absolute atomic E-state index is 0.204. The number of carbonyl (C=O) groups is 3. The van der Waals surface area contributed by atoms with Gasteiger partial charge in [0, 0.05) is 17.5 Å². The molecule has 3 fully saturated rings. The van der Waals surface area contributed by atoms with Gasteiger partial charge >= 0.3 is 5.97 Å². The van der Waals surface area contributed by atoms with E-state index in [4.69, 9.17) is 4.74 Å². The highest BCUT2D eigenvalue weighted by Crippen LogP contribution is 2.67. The molecule has 2 bridgehead atoms. The van der Waals surface area contributed by atoms with Crippen LogP contribution in [0.2, 0.25) is 0 Å². The molecule has 5 rings (SSSR count). The molecule has 3 saturated heterocycles. The number of likely N-dealkylation sites (tertiary alicyclic amines) is 1. The second-order valence-electron chi connectivity index (χ2n) is 9.68. The fourth-order valence-corrected chi connectivity index (χ4v) is 8.57. The third kappa shape index (κ3) is 3.92. The van der Waals surface area contributed by atoms with E-state index in [-0.39, 0.29) is 23.6 Å². The fourth-order valence-electron chi connectivity index (χ4n) is 6.38. The van der Waals surface area contributed by atoms with E-state index in [9.17, 15) is 24.6 Å². The molecule has 2 unspecified atom stereocenters. The number of anilines is 1. The molecule has 0 aromatic heterocycles. The molecule has 1 spiro atoms. The molecule has 3 heterocycles. The number of nitrogens with zero attached hydrogens (tertiary/aromatic N) is 2. The summed E-state index contributed by atoms with van der Waals surface area (Å²) >= 11 is 1.47. The van der Waals surface area contributed by atoms with Gasteiger partial charge in [-0.05, 0) is 42.7 Å². The Bertz CT molecular complexity index is 1200. The van der Waals surface area contributed by atoms with Crippen molar-refractivity contribution in [3.8, 4) is 5.75 Å². The lowest BCUT2D eigenvalue weighted by Crippen LogP contribution is -2.55. The van der Waals surface area contributed by atoms with Gasteiger partial charge < -0.3 is 24.7 Å². The number of rotatable bonds is 9. The van der Waals surface area contributed by atoms with E-state index >= 15 is 0 Å². The van der Waals surface area contributed by atoms with Crippen LogP contribution in [0.3, 0.4) is 0 Å². The van der Waals surface area contributed by atoms with Gasteiger partial charge in [0.2, 0.25) is 5.91 Å². The SMILES string of the molecule is C=CCN(C(=O)C1N([C@H](CO)c2ccccc2)C(=O)[C@@H]2[C@H](C(=O)O)[C@@H]3CCC12S3)c1ccc(OC)cc1. The van der Waals surface area contributed by atoms with Crippen molar-refractivity contribution in [3.63, 3.8) is 0 Å². The first-order valence-corrected chi connectivity index (χ1v) is 13.2. The van der Waals surface area contributed by atoms with E-state index in [1.807, 2.05) is 30.3 Å². The summed E-state index contributed by atoms with van der Waals surface area (Å²) in [5.74, 6) is -2.75. The fraction of sp³-hybridized carbons (Fsp3) is 0.393. The number of carbonyl (C=O) groups excluding carboxylic acids is 2. The van der Waals surface area contributed by atoms with Crippen LogP contribution in [0.15, 0.2) is 67.3 Å². The summed E-state index contributed by atoms with van der Waals surface area (Å²) in [4.78, 5) is 44.0. The Morgan fingerprint density at radius 3 is 2.54 bits per heavy atom. The molecule has 2 amide bonds. The van der Waals surface area contributed by atoms with Crippen molar-refractivity contribution in [2.75, 3.05) is 25.2 Å². The van der Waals surface area contributed by atoms with Crippen LogP contribution in [0.25, 0.3) is 0 Å². The van der Waals surface area contributed by atoms with Crippen molar-refractivity contribution in [2.24, 2.45) is 11.8 Å². The monoisotopic (exact) mass is 522 g/mol. The molecule has 37 heavy (non-hydrogen) atoms. The lowest BCUT2D eigenvalue weighted by molar-refractivity contribution is -0.149. The zero-order valence-corrected chi connectivity index (χ0v) is 21.3. The lowest BCUT2D eigenvalue weighted by Gasteiger charge is -2.39. The first kappa shape index (κ1) is 25.4. The Morgan fingerprint density at radius 1 is 1.24 bits per heavy atom. The van der Waals surface area contributed by atoms with E-state index in [1.165, 1.54) is 16.7 Å². The van der Waals surface area contributed by atoms with E-state index < -0.39 is 41.2 Å². The normalized spacial score (nSPS) is 28.6. The van der Waals surface area contributed by atoms with Gasteiger partial charge in [-0.2, -0.15) is 0 Å². The Kier molecular flexibility index (Phi) is 6.76. The predicted octanol–water partition coefficient (Wildman–Crippen LogP) is 3.12. The number of aliphatic hydroxyl groups excluding tert-OH is 1. The largest absolute Gasteiger partial charge is 0.497 e. The smallest absolute Gasteiger partial charge is 0.308 e. The van der Waals surface area contributed by atoms with Crippen molar-refractivity contribution in [2.45, 2.75) is 34.9 Å². The van der Waals surface area contributed by atoms with Gasteiger partial charge in [-0.15, -0.1) is 18.3 Å². The standard InChI is InChI=1S/C28H30N2O6S/c1-3-15-29(18-9-11-19(36-2)12-10-18)26(33)24-28-14-13-21(37-28)22(27(34)35)23(28)25(32)30(24)20(16-31)17-7-5-4-6-8-17/h3-12,20-24,31H,1,13-16H2,2H3,(H,34,35)/t20-,21+,22-,23+,24?,28?/m1/s1. The van der Waals surface area contributed by atoms with Crippen LogP contribution in [0.5, 0.6) is 5.75 Å². The number of aliphatic hydroxyl groups is 1. The number of ether oxygens (including phenoxy) is 1. The zero-order valence-electron chi connectivity index (χ0n) is 20.5. The number of aliphatic carboxylic acids is 1. The summed E-state index contributed by atoms with van der Waals surface area (Å²) in [7, 11) is 1.56. The highest BCUT2D eigenvalue weighted by atomic mass is 32.2. The molecule has 0 saturated carbocycles. The molecular weight excluding hydrogens is 492 g/mol. The molecular formula is C28H30N2O6S. The Morgan fingerprint density at radius 2 is 1.95 bits per heavy atom. The van der Waals surface area contributed by atoms with Crippen LogP contribution >= 0.6 is 11.8 Å². The predicted molar refractivity (Wildman–Crippen MR) is 140 cm³/mol. The molecule has 8 nitrogen and oxygen atoms in total. The lowest BCUT2D eigenvalue weighted by atomic mass is 9.71. The highest BCUT2D eigenvalue weighted by molar-refractivity contribution is 8.02. The molecule has 9 heteroatoms. The summed E-state index contributed by atoms with van der Waals surface area (Å²) < 4.78 is 4.38. The number of carboxylic acids is 1. The van der Waals surface area contributed by atoms with Crippen molar-refractivity contribution in [1.29, 1.82) is 0 Å². The number of amides is 2. The Hall–Kier alpha value is -3.30. The number of hydrogen-bond donors (Lipinski definition) is 2. The first-order chi connectivity index (χ1) is 17.9. The number of hydrogen-bond acceptors (Lipinski definition) is 6. The summed E-state index contributed by atoms with van der Waals surface area (Å²) in [6.07, 6.45) is 2.81. The van der Waals surface area contributed by atoms with Gasteiger partial charge in [0.05, 0.1) is 36.3 Å². The number of methoxy groups -OCH3 is 1. The Labute approximate surface area is 219 Å². The summed E-state index contributed by atoms with van der Waals surface area (Å²) in [5, 5.41) is 20.4. The van der Waals surface area contributed by atoms with Crippen LogP contribution in [-0.4, -0.2) is 69.2 Å². The summed E-state index contributed by atoms with van der Waals surface area (Å²) in [5.41, 5.74) is 1.31. The van der Waals surface area contributed by atoms with E-state index in [1.54, 1.807) is 42.4 Å². The second kappa shape index (κ2) is 9.87. The van der Waals surface area contributed by atoms with Gasteiger partial charge in [0.1, 0.15) is 11.8 Å². The second-order valence-corrected chi connectivity index (χ2v) is 11.3. The third-order valence-electron chi connectivity index (χ3n) is 7.91. The van der Waals surface area contributed by atoms with Gasteiger partial charge in [0.25, 0.3) is 5.91 Å². The number of benzene rings is 2. The molecule has 3 aliphatic rings. The maximum atomic E-state index is 14.5. The molecule has 6 atom stereocenters. The van der Waals surface area contributed by atoms with Crippen molar-refractivity contribution in [3.05, 3.63) is 72.8 Å². The minimum atomic E-state index is -1.01. The minimum Gasteiger partial charge on any atom is -0.497 e. The van der Waals surface area contributed by atoms with Crippen LogP contribution < -0.4 is 9.64 Å². The maximum Gasteiger partial charge on any atom is 0.308 e. The average molecular weight is 523 g/mol. The van der Waals surface area contributed by atoms with Gasteiger partial charge in [-0.25, -0.2) is 0 Å². The molecule has 3 aliphatic heterocycles. The average Bonchev–Trinajstić information content (AvgIpc) is 3.56. The highest BCUT2D eigenvalue weighted by Gasteiger charge is 2.74. The van der Waals surface area contributed by atoms with Crippen molar-refractivity contribution < 1.29 is 29.3 Å². The number of fused-ring (bicyclic) bond motifs is 1. The third-order valence-corrected chi connectivity index (χ3v) is 9.86. The molecule has 2 aromatic rings. The van der Waals surface area contributed by atoms with Gasteiger partial charge in [0.15, 0.2) is 0 Å². The van der Waals surface area contributed by atoms with E-state index in [0.29, 0.717) is 29.8 Å². The quantitative estimate of drug-likeness (QED) is 0.487. The maximum absolute atomic E-state index is 14.5. The van der Waals surface area contributed by atoms with Crippen molar-refractivity contribution in [1.82, 2.24) is 4.90 Å². The molecule has 0 aliphatic carbocycles. The molecule has 2 aromatic carbocycles. The van der Waals surface area contributed by atoms with Crippen molar-refractivity contribution >= 4 is 35.2 Å². The van der Waals surface area contributed by atoms with Crippen LogP contribution in [0, 0.1) is 11.8 Å². The summed E-state index contributed by atoms with van der Waals surface area (Å²) in [6, 6.07) is 14.4. The summed E-state index contributed by atoms with van der Waals surface area (Å²) in [6.45, 7) is 3.64. The topological polar surface area (TPSA) is 107 Å². The molecule has 2 N–H and O–H groups in total. The number of thioether (sulfide) groups is 1. The Balaban J connectivity index is 1.63. The van der Waals surface area contributed by atoms with E-state index in [2.05, 4.69) is 6.58 Å². The van der Waals surface area contributed by atoms with E-state index in [0.717, 1.165) is 0 Å². The van der Waals surface area contributed by atoms with Gasteiger partial charge in [-0.1, -0.05) is 36.4 Å². The zero-order chi connectivity index (χ0) is 26.3. The molecule has 194 valence electrons. The molecule has 0 radical (unpaired) electrons. The number of carboxylic acid groups (broad SMARTS) is 1. The van der Waals surface area contributed by atoms with Gasteiger partial charge in [-0.3, -0.25) is 14.4 Å². The first-order valence-electron chi connectivity index (χ1n) is 12.3.